The first kappa shape index (κ1) is 44.2. The van der Waals surface area contributed by atoms with Crippen molar-refractivity contribution in [3.05, 3.63) is 60.8 Å². The van der Waals surface area contributed by atoms with Gasteiger partial charge >= 0.3 is 0 Å². The van der Waals surface area contributed by atoms with E-state index in [2.05, 4.69) is 79.9 Å². The van der Waals surface area contributed by atoms with Gasteiger partial charge in [-0.05, 0) is 57.8 Å². The minimum atomic E-state index is -4.54. The lowest BCUT2D eigenvalue weighted by atomic mass is 10.0. The molecule has 0 fully saturated rings. The molecular weight excluding hydrogens is 599 g/mol. The van der Waals surface area contributed by atoms with Crippen molar-refractivity contribution in [2.45, 2.75) is 129 Å². The SMILES string of the molecule is CC/C=C\C/C=C\C/C=C\C/C=C\C/C=C\CCCCCCCC(=O)NC(COP(=O)([O-])OCC[N+](C)(C)C)C(O)CCCCC. The molecule has 0 aliphatic carbocycles. The van der Waals surface area contributed by atoms with E-state index in [9.17, 15) is 19.4 Å². The number of phosphoric ester groups is 1. The second-order valence-electron chi connectivity index (χ2n) is 12.8. The van der Waals surface area contributed by atoms with Gasteiger partial charge in [-0.1, -0.05) is 113 Å². The highest BCUT2D eigenvalue weighted by Crippen LogP contribution is 2.38. The number of rotatable bonds is 30. The van der Waals surface area contributed by atoms with E-state index in [0.717, 1.165) is 89.9 Å². The molecule has 0 spiro atoms. The van der Waals surface area contributed by atoms with Crippen molar-refractivity contribution in [1.82, 2.24) is 5.32 Å². The summed E-state index contributed by atoms with van der Waals surface area (Å²) in [4.78, 5) is 24.8. The number of hydrogen-bond acceptors (Lipinski definition) is 6. The summed E-state index contributed by atoms with van der Waals surface area (Å²) in [5.41, 5.74) is 0. The second-order valence-corrected chi connectivity index (χ2v) is 14.3. The molecule has 3 unspecified atom stereocenters. The number of hydrogen-bond donors (Lipinski definition) is 2. The minimum absolute atomic E-state index is 0.00265. The number of aliphatic hydroxyl groups is 1. The van der Waals surface area contributed by atoms with Gasteiger partial charge in [0.25, 0.3) is 7.82 Å². The first-order valence-corrected chi connectivity index (χ1v) is 19.1. The second kappa shape index (κ2) is 29.3. The number of allylic oxidation sites excluding steroid dienone is 10. The summed E-state index contributed by atoms with van der Waals surface area (Å²) in [6.45, 7) is 4.37. The maximum absolute atomic E-state index is 12.6. The monoisotopic (exact) mass is 666 g/mol. The van der Waals surface area contributed by atoms with Crippen LogP contribution in [0.3, 0.4) is 0 Å². The third-order valence-corrected chi connectivity index (χ3v) is 8.23. The molecule has 0 aromatic heterocycles. The number of likely N-dealkylation sites (N-methyl/N-ethyl adjacent to an activating group) is 1. The van der Waals surface area contributed by atoms with Crippen LogP contribution in [0.1, 0.15) is 117 Å². The highest BCUT2D eigenvalue weighted by atomic mass is 31.2. The van der Waals surface area contributed by atoms with Crippen LogP contribution < -0.4 is 10.2 Å². The molecule has 266 valence electrons. The average molecular weight is 667 g/mol. The summed E-state index contributed by atoms with van der Waals surface area (Å²) < 4.78 is 22.8. The number of amides is 1. The van der Waals surface area contributed by atoms with E-state index in [0.29, 0.717) is 23.9 Å². The van der Waals surface area contributed by atoms with E-state index in [-0.39, 0.29) is 19.1 Å². The predicted octanol–water partition coefficient (Wildman–Crippen LogP) is 8.10. The molecular formula is C37H67N2O6P. The summed E-state index contributed by atoms with van der Waals surface area (Å²) in [7, 11) is 1.27. The lowest BCUT2D eigenvalue weighted by molar-refractivity contribution is -0.870. The van der Waals surface area contributed by atoms with Crippen LogP contribution in [0.25, 0.3) is 0 Å². The summed E-state index contributed by atoms with van der Waals surface area (Å²) in [6, 6.07) is -0.808. The van der Waals surface area contributed by atoms with Crippen molar-refractivity contribution in [3.8, 4) is 0 Å². The van der Waals surface area contributed by atoms with Gasteiger partial charge < -0.3 is 28.8 Å². The number of carbonyl (C=O) groups excluding carboxylic acids is 1. The number of quaternary nitrogens is 1. The molecule has 46 heavy (non-hydrogen) atoms. The molecule has 0 aromatic carbocycles. The van der Waals surface area contributed by atoms with Crippen LogP contribution in [0.15, 0.2) is 60.8 Å². The number of carbonyl (C=O) groups is 1. The molecule has 2 N–H and O–H groups in total. The number of phosphoric acid groups is 1. The fourth-order valence-corrected chi connectivity index (χ4v) is 5.14. The van der Waals surface area contributed by atoms with E-state index in [1.165, 1.54) is 0 Å². The molecule has 3 atom stereocenters. The predicted molar refractivity (Wildman–Crippen MR) is 191 cm³/mol. The third-order valence-electron chi connectivity index (χ3n) is 7.27. The first-order valence-electron chi connectivity index (χ1n) is 17.6. The van der Waals surface area contributed by atoms with Crippen LogP contribution in [0.5, 0.6) is 0 Å². The molecule has 0 bridgehead atoms. The highest BCUT2D eigenvalue weighted by Gasteiger charge is 2.24. The Bertz CT molecular complexity index is 939. The lowest BCUT2D eigenvalue weighted by Crippen LogP contribution is -2.46. The molecule has 0 aliphatic rings. The van der Waals surface area contributed by atoms with Crippen LogP contribution in [0.2, 0.25) is 0 Å². The zero-order valence-electron chi connectivity index (χ0n) is 29.7. The van der Waals surface area contributed by atoms with E-state index in [1.807, 2.05) is 21.1 Å². The summed E-state index contributed by atoms with van der Waals surface area (Å²) in [5.74, 6) is -0.200. The van der Waals surface area contributed by atoms with Crippen molar-refractivity contribution in [1.29, 1.82) is 0 Å². The van der Waals surface area contributed by atoms with Crippen LogP contribution in [0.4, 0.5) is 0 Å². The number of nitrogens with one attached hydrogen (secondary N) is 1. The molecule has 0 aliphatic heterocycles. The van der Waals surface area contributed by atoms with Gasteiger partial charge in [0.1, 0.15) is 13.2 Å². The summed E-state index contributed by atoms with van der Waals surface area (Å²) in [6.07, 6.45) is 35.9. The van der Waals surface area contributed by atoms with Gasteiger partial charge in [0.2, 0.25) is 5.91 Å². The fourth-order valence-electron chi connectivity index (χ4n) is 4.41. The Morgan fingerprint density at radius 1 is 0.783 bits per heavy atom. The zero-order valence-corrected chi connectivity index (χ0v) is 30.6. The fraction of sp³-hybridized carbons (Fsp3) is 0.703. The Hall–Kier alpha value is -1.80. The minimum Gasteiger partial charge on any atom is -0.756 e. The molecule has 0 saturated heterocycles. The molecule has 0 heterocycles. The van der Waals surface area contributed by atoms with Crippen LogP contribution in [-0.2, 0) is 18.4 Å². The normalized spacial score (nSPS) is 15.5. The molecule has 8 nitrogen and oxygen atoms in total. The van der Waals surface area contributed by atoms with Crippen molar-refractivity contribution in [3.63, 3.8) is 0 Å². The van der Waals surface area contributed by atoms with Crippen molar-refractivity contribution in [2.75, 3.05) is 40.9 Å². The van der Waals surface area contributed by atoms with Gasteiger partial charge in [0.15, 0.2) is 0 Å². The topological polar surface area (TPSA) is 108 Å². The summed E-state index contributed by atoms with van der Waals surface area (Å²) in [5, 5.41) is 13.5. The van der Waals surface area contributed by atoms with Gasteiger partial charge in [-0.3, -0.25) is 9.36 Å². The number of nitrogens with zero attached hydrogens (tertiary/aromatic N) is 1. The van der Waals surface area contributed by atoms with Crippen LogP contribution >= 0.6 is 7.82 Å². The Balaban J connectivity index is 4.18. The average Bonchev–Trinajstić information content (AvgIpc) is 2.99. The van der Waals surface area contributed by atoms with E-state index < -0.39 is 20.0 Å². The molecule has 0 radical (unpaired) electrons. The Morgan fingerprint density at radius 2 is 1.33 bits per heavy atom. The Kier molecular flexibility index (Phi) is 28.2. The molecule has 0 aromatic rings. The van der Waals surface area contributed by atoms with Crippen LogP contribution in [0, 0.1) is 0 Å². The lowest BCUT2D eigenvalue weighted by Gasteiger charge is -2.30. The van der Waals surface area contributed by atoms with Gasteiger partial charge in [-0.2, -0.15) is 0 Å². The number of aliphatic hydroxyl groups excluding tert-OH is 1. The van der Waals surface area contributed by atoms with E-state index in [4.69, 9.17) is 9.05 Å². The van der Waals surface area contributed by atoms with Gasteiger partial charge in [0, 0.05) is 6.42 Å². The molecule has 1 amide bonds. The van der Waals surface area contributed by atoms with Crippen molar-refractivity contribution in [2.24, 2.45) is 0 Å². The number of unbranched alkanes of at least 4 members (excludes halogenated alkanes) is 7. The van der Waals surface area contributed by atoms with Gasteiger partial charge in [0.05, 0.1) is 39.9 Å². The molecule has 0 saturated carbocycles. The van der Waals surface area contributed by atoms with Crippen molar-refractivity contribution >= 4 is 13.7 Å². The summed E-state index contributed by atoms with van der Waals surface area (Å²) >= 11 is 0. The largest absolute Gasteiger partial charge is 0.756 e. The standard InChI is InChI=1S/C37H67N2O6P/c1-6-8-10-11-12-13-14-15-16-17-18-19-20-21-22-23-24-25-26-27-29-31-37(41)38-35(36(40)30-28-9-7-2)34-45-46(42,43)44-33-32-39(3,4)5/h8,10,12-13,15-16,18-19,21-22,35-36,40H,6-7,9,11,14,17,20,23-34H2,1-5H3,(H-,38,41,42,43)/b10-8-,13-12-,16-15-,19-18-,22-21-. The smallest absolute Gasteiger partial charge is 0.268 e. The maximum Gasteiger partial charge on any atom is 0.268 e. The Labute approximate surface area is 281 Å². The maximum atomic E-state index is 12.6. The van der Waals surface area contributed by atoms with E-state index >= 15 is 0 Å². The quantitative estimate of drug-likeness (QED) is 0.0347. The zero-order chi connectivity index (χ0) is 34.4. The highest BCUT2D eigenvalue weighted by molar-refractivity contribution is 7.45. The van der Waals surface area contributed by atoms with E-state index in [1.54, 1.807) is 0 Å². The first-order chi connectivity index (χ1) is 22.0. The van der Waals surface area contributed by atoms with Gasteiger partial charge in [-0.15, -0.1) is 0 Å². The van der Waals surface area contributed by atoms with Gasteiger partial charge in [-0.25, -0.2) is 0 Å². The van der Waals surface area contributed by atoms with Crippen LogP contribution in [-0.4, -0.2) is 68.5 Å². The Morgan fingerprint density at radius 3 is 1.89 bits per heavy atom. The van der Waals surface area contributed by atoms with Crippen molar-refractivity contribution < 1.29 is 32.9 Å². The molecule has 0 rings (SSSR count). The molecule has 9 heteroatoms. The third kappa shape index (κ3) is 30.8.